The van der Waals surface area contributed by atoms with Crippen LogP contribution in [0.5, 0.6) is 0 Å². The van der Waals surface area contributed by atoms with Crippen LogP contribution in [0.3, 0.4) is 0 Å². The SMILES string of the molecule is CC(CF)(CCC(F)(F)F)S(=O)(=O)C(C)(CF)CCC(F)(F)F. The van der Waals surface area contributed by atoms with Crippen LogP contribution < -0.4 is 0 Å². The van der Waals surface area contributed by atoms with Crippen molar-refractivity contribution in [3.8, 4) is 0 Å². The summed E-state index contributed by atoms with van der Waals surface area (Å²) < 4.78 is 119. The Morgan fingerprint density at radius 3 is 1.09 bits per heavy atom. The first-order valence-electron chi connectivity index (χ1n) is 6.53. The summed E-state index contributed by atoms with van der Waals surface area (Å²) in [5.74, 6) is 0. The lowest BCUT2D eigenvalue weighted by Crippen LogP contribution is -2.52. The molecule has 2 unspecified atom stereocenters. The molecule has 2 nitrogen and oxygen atoms in total. The van der Waals surface area contributed by atoms with E-state index in [0.717, 1.165) is 0 Å². The molecule has 0 saturated heterocycles. The summed E-state index contributed by atoms with van der Waals surface area (Å²) in [5, 5.41) is 0. The quantitative estimate of drug-likeness (QED) is 0.581. The molecule has 0 fully saturated rings. The maximum absolute atomic E-state index is 13.2. The lowest BCUT2D eigenvalue weighted by atomic mass is 10.1. The Morgan fingerprint density at radius 1 is 0.652 bits per heavy atom. The van der Waals surface area contributed by atoms with Crippen molar-refractivity contribution in [1.29, 1.82) is 0 Å². The predicted molar refractivity (Wildman–Crippen MR) is 68.3 cm³/mol. The Kier molecular flexibility index (Phi) is 6.91. The van der Waals surface area contributed by atoms with Gasteiger partial charge in [0, 0.05) is 12.8 Å². The molecule has 0 aliphatic rings. The molecule has 0 aromatic heterocycles. The molecule has 23 heavy (non-hydrogen) atoms. The molecule has 11 heteroatoms. The van der Waals surface area contributed by atoms with E-state index in [-0.39, 0.29) is 0 Å². The molecule has 0 aliphatic carbocycles. The molecule has 0 aliphatic heterocycles. The zero-order valence-electron chi connectivity index (χ0n) is 12.5. The second-order valence-corrected chi connectivity index (χ2v) is 8.88. The minimum atomic E-state index is -4.96. The van der Waals surface area contributed by atoms with E-state index in [1.54, 1.807) is 0 Å². The third-order valence-electron chi connectivity index (χ3n) is 3.74. The summed E-state index contributed by atoms with van der Waals surface area (Å²) in [4.78, 5) is 0. The van der Waals surface area contributed by atoms with Crippen LogP contribution in [-0.2, 0) is 9.84 Å². The predicted octanol–water partition coefficient (Wildman–Crippen LogP) is 4.54. The third kappa shape index (κ3) is 5.75. The molecule has 0 aromatic rings. The molecule has 0 aromatic carbocycles. The van der Waals surface area contributed by atoms with Gasteiger partial charge in [-0.2, -0.15) is 26.3 Å². The summed E-state index contributed by atoms with van der Waals surface area (Å²) in [6.07, 6.45) is -15.2. The molecule has 0 bridgehead atoms. The van der Waals surface area contributed by atoms with Crippen LogP contribution in [0.2, 0.25) is 0 Å². The maximum Gasteiger partial charge on any atom is 0.389 e. The van der Waals surface area contributed by atoms with E-state index < -0.39 is 70.7 Å². The molecule has 0 saturated carbocycles. The lowest BCUT2D eigenvalue weighted by molar-refractivity contribution is -0.137. The van der Waals surface area contributed by atoms with Crippen LogP contribution in [0.15, 0.2) is 0 Å². The largest absolute Gasteiger partial charge is 0.389 e. The third-order valence-corrected chi connectivity index (χ3v) is 6.96. The van der Waals surface area contributed by atoms with Crippen molar-refractivity contribution in [2.24, 2.45) is 0 Å². The zero-order chi connectivity index (χ0) is 18.7. The van der Waals surface area contributed by atoms with Gasteiger partial charge in [0.1, 0.15) is 13.3 Å². The van der Waals surface area contributed by atoms with E-state index >= 15 is 0 Å². The first kappa shape index (κ1) is 22.4. The Bertz CT molecular complexity index is 446. The Hall–Kier alpha value is -0.610. The van der Waals surface area contributed by atoms with Crippen molar-refractivity contribution in [3.05, 3.63) is 0 Å². The highest BCUT2D eigenvalue weighted by Crippen LogP contribution is 2.40. The summed E-state index contributed by atoms with van der Waals surface area (Å²) >= 11 is 0. The first-order chi connectivity index (χ1) is 10.0. The van der Waals surface area contributed by atoms with Crippen molar-refractivity contribution < 1.29 is 43.5 Å². The van der Waals surface area contributed by atoms with Gasteiger partial charge in [-0.3, -0.25) is 0 Å². The Labute approximate surface area is 129 Å². The van der Waals surface area contributed by atoms with Crippen LogP contribution >= 0.6 is 0 Å². The fourth-order valence-corrected chi connectivity index (χ4v) is 4.17. The molecule has 0 radical (unpaired) electrons. The number of hydrogen-bond donors (Lipinski definition) is 0. The van der Waals surface area contributed by atoms with Gasteiger partial charge in [0.05, 0.1) is 9.49 Å². The maximum atomic E-state index is 13.2. The zero-order valence-corrected chi connectivity index (χ0v) is 13.3. The molecule has 2 atom stereocenters. The van der Waals surface area contributed by atoms with E-state index in [1.165, 1.54) is 0 Å². The van der Waals surface area contributed by atoms with Crippen LogP contribution in [-0.4, -0.2) is 43.6 Å². The van der Waals surface area contributed by atoms with Crippen LogP contribution in [0.4, 0.5) is 35.1 Å². The highest BCUT2D eigenvalue weighted by atomic mass is 32.2. The molecule has 0 N–H and O–H groups in total. The minimum absolute atomic E-state index is 0.648. The number of hydrogen-bond acceptors (Lipinski definition) is 2. The van der Waals surface area contributed by atoms with Crippen molar-refractivity contribution in [2.45, 2.75) is 61.4 Å². The molecule has 0 rings (SSSR count). The Morgan fingerprint density at radius 2 is 0.913 bits per heavy atom. The fourth-order valence-electron chi connectivity index (χ4n) is 1.95. The van der Waals surface area contributed by atoms with Gasteiger partial charge < -0.3 is 0 Å². The number of sulfone groups is 1. The summed E-state index contributed by atoms with van der Waals surface area (Å²) in [6.45, 7) is -2.22. The van der Waals surface area contributed by atoms with Gasteiger partial charge >= 0.3 is 12.4 Å². The standard InChI is InChI=1S/C12H18F8O2S/c1-9(7-13,3-5-11(15,16)17)23(21,22)10(2,8-14)4-6-12(18,19)20/h3-8H2,1-2H3. The average molecular weight is 378 g/mol. The average Bonchev–Trinajstić information content (AvgIpc) is 2.40. The summed E-state index contributed by atoms with van der Waals surface area (Å²) in [6, 6.07) is 0. The fraction of sp³-hybridized carbons (Fsp3) is 1.00. The topological polar surface area (TPSA) is 34.1 Å². The number of alkyl halides is 8. The smallest absolute Gasteiger partial charge is 0.249 e. The number of rotatable bonds is 8. The monoisotopic (exact) mass is 378 g/mol. The highest BCUT2D eigenvalue weighted by molar-refractivity contribution is 7.94. The number of halogens is 8. The molecular formula is C12H18F8O2S. The van der Waals surface area contributed by atoms with E-state index in [2.05, 4.69) is 0 Å². The van der Waals surface area contributed by atoms with Gasteiger partial charge in [-0.25, -0.2) is 17.2 Å². The minimum Gasteiger partial charge on any atom is -0.249 e. The first-order valence-corrected chi connectivity index (χ1v) is 8.01. The summed E-state index contributed by atoms with van der Waals surface area (Å²) in [5.41, 5.74) is 0. The highest BCUT2D eigenvalue weighted by Gasteiger charge is 2.53. The van der Waals surface area contributed by atoms with E-state index in [9.17, 15) is 43.5 Å². The van der Waals surface area contributed by atoms with Gasteiger partial charge in [-0.05, 0) is 26.7 Å². The van der Waals surface area contributed by atoms with Crippen molar-refractivity contribution >= 4 is 9.84 Å². The van der Waals surface area contributed by atoms with E-state index in [1.807, 2.05) is 0 Å². The van der Waals surface area contributed by atoms with Gasteiger partial charge in [0.25, 0.3) is 0 Å². The molecule has 0 amide bonds. The molecule has 140 valence electrons. The Balaban J connectivity index is 5.57. The molecular weight excluding hydrogens is 360 g/mol. The van der Waals surface area contributed by atoms with E-state index in [0.29, 0.717) is 13.8 Å². The second kappa shape index (κ2) is 7.10. The van der Waals surface area contributed by atoms with Crippen molar-refractivity contribution in [2.75, 3.05) is 13.3 Å². The molecule has 0 spiro atoms. The second-order valence-electron chi connectivity index (χ2n) is 5.90. The van der Waals surface area contributed by atoms with Gasteiger partial charge in [0.2, 0.25) is 0 Å². The van der Waals surface area contributed by atoms with Gasteiger partial charge in [0.15, 0.2) is 9.84 Å². The van der Waals surface area contributed by atoms with Crippen LogP contribution in [0.25, 0.3) is 0 Å². The normalized spacial score (nSPS) is 19.2. The lowest BCUT2D eigenvalue weighted by Gasteiger charge is -2.37. The molecule has 0 heterocycles. The van der Waals surface area contributed by atoms with Crippen LogP contribution in [0.1, 0.15) is 39.5 Å². The van der Waals surface area contributed by atoms with Crippen molar-refractivity contribution in [1.82, 2.24) is 0 Å². The van der Waals surface area contributed by atoms with E-state index in [4.69, 9.17) is 0 Å². The van der Waals surface area contributed by atoms with Gasteiger partial charge in [-0.15, -0.1) is 0 Å². The van der Waals surface area contributed by atoms with Crippen LogP contribution in [0, 0.1) is 0 Å². The van der Waals surface area contributed by atoms with Crippen molar-refractivity contribution in [3.63, 3.8) is 0 Å². The summed E-state index contributed by atoms with van der Waals surface area (Å²) in [7, 11) is -4.96. The van der Waals surface area contributed by atoms with Gasteiger partial charge in [-0.1, -0.05) is 0 Å².